The third-order valence-electron chi connectivity index (χ3n) is 3.75. The fourth-order valence-electron chi connectivity index (χ4n) is 2.25. The second kappa shape index (κ2) is 5.52. The minimum atomic E-state index is 0.495. The van der Waals surface area contributed by atoms with Crippen LogP contribution in [0.4, 0.5) is 0 Å². The van der Waals surface area contributed by atoms with Crippen molar-refractivity contribution in [3.05, 3.63) is 29.8 Å². The summed E-state index contributed by atoms with van der Waals surface area (Å²) < 4.78 is 5.77. The molecule has 94 valence electrons. The van der Waals surface area contributed by atoms with Crippen LogP contribution in [-0.4, -0.2) is 30.6 Å². The highest BCUT2D eigenvalue weighted by Gasteiger charge is 2.22. The second-order valence-electron chi connectivity index (χ2n) is 4.88. The van der Waals surface area contributed by atoms with Gasteiger partial charge in [-0.3, -0.25) is 4.90 Å². The molecular formula is C14H22N2O. The van der Waals surface area contributed by atoms with Gasteiger partial charge in [-0.15, -0.1) is 0 Å². The van der Waals surface area contributed by atoms with Crippen molar-refractivity contribution in [1.29, 1.82) is 0 Å². The van der Waals surface area contributed by atoms with Gasteiger partial charge in [-0.05, 0) is 25.5 Å². The minimum Gasteiger partial charge on any atom is -0.492 e. The molecule has 3 heteroatoms. The summed E-state index contributed by atoms with van der Waals surface area (Å²) in [4.78, 5) is 2.46. The number of hydrogen-bond donors (Lipinski definition) is 1. The van der Waals surface area contributed by atoms with E-state index in [0.717, 1.165) is 32.0 Å². The number of fused-ring (bicyclic) bond motifs is 1. The average Bonchev–Trinajstić information content (AvgIpc) is 2.58. The predicted octanol–water partition coefficient (Wildman–Crippen LogP) is 1.86. The molecule has 1 aliphatic rings. The summed E-state index contributed by atoms with van der Waals surface area (Å²) in [6.45, 7) is 7.90. The summed E-state index contributed by atoms with van der Waals surface area (Å²) in [7, 11) is 0. The standard InChI is InChI=1S/C14H22N2O/c1-11(9-15)12(2)16-7-8-17-14-6-4-3-5-13(14)10-16/h3-6,11-12H,7-10,15H2,1-2H3. The zero-order valence-corrected chi connectivity index (χ0v) is 10.7. The molecule has 0 radical (unpaired) electrons. The van der Waals surface area contributed by atoms with Gasteiger partial charge in [-0.2, -0.15) is 0 Å². The van der Waals surface area contributed by atoms with Crippen molar-refractivity contribution >= 4 is 0 Å². The van der Waals surface area contributed by atoms with Crippen molar-refractivity contribution in [3.63, 3.8) is 0 Å². The third kappa shape index (κ3) is 2.79. The highest BCUT2D eigenvalue weighted by Crippen LogP contribution is 2.24. The average molecular weight is 234 g/mol. The summed E-state index contributed by atoms with van der Waals surface area (Å²) in [5, 5.41) is 0. The Hall–Kier alpha value is -1.06. The lowest BCUT2D eigenvalue weighted by atomic mass is 10.0. The first-order valence-corrected chi connectivity index (χ1v) is 6.37. The Kier molecular flexibility index (Phi) is 4.02. The predicted molar refractivity (Wildman–Crippen MR) is 70.0 cm³/mol. The fourth-order valence-corrected chi connectivity index (χ4v) is 2.25. The maximum absolute atomic E-state index is 5.77. The first-order chi connectivity index (χ1) is 8.22. The van der Waals surface area contributed by atoms with Gasteiger partial charge in [-0.25, -0.2) is 0 Å². The Morgan fingerprint density at radius 2 is 2.12 bits per heavy atom. The Morgan fingerprint density at radius 3 is 2.88 bits per heavy atom. The van der Waals surface area contributed by atoms with Crippen molar-refractivity contribution in [3.8, 4) is 5.75 Å². The quantitative estimate of drug-likeness (QED) is 0.867. The number of benzene rings is 1. The molecule has 0 bridgehead atoms. The van der Waals surface area contributed by atoms with Crippen LogP contribution in [0.1, 0.15) is 19.4 Å². The minimum absolute atomic E-state index is 0.495. The highest BCUT2D eigenvalue weighted by molar-refractivity contribution is 5.33. The van der Waals surface area contributed by atoms with Crippen molar-refractivity contribution in [2.45, 2.75) is 26.4 Å². The molecule has 0 amide bonds. The van der Waals surface area contributed by atoms with E-state index < -0.39 is 0 Å². The molecule has 1 aromatic carbocycles. The summed E-state index contributed by atoms with van der Waals surface area (Å²) in [5.74, 6) is 1.54. The molecule has 1 aromatic rings. The van der Waals surface area contributed by atoms with E-state index in [1.54, 1.807) is 0 Å². The van der Waals surface area contributed by atoms with E-state index >= 15 is 0 Å². The number of para-hydroxylation sites is 1. The normalized spacial score (nSPS) is 19.9. The Morgan fingerprint density at radius 1 is 1.35 bits per heavy atom. The monoisotopic (exact) mass is 234 g/mol. The van der Waals surface area contributed by atoms with Crippen LogP contribution in [0.3, 0.4) is 0 Å². The topological polar surface area (TPSA) is 38.5 Å². The van der Waals surface area contributed by atoms with Gasteiger partial charge >= 0.3 is 0 Å². The lowest BCUT2D eigenvalue weighted by molar-refractivity contribution is 0.143. The molecular weight excluding hydrogens is 212 g/mol. The summed E-state index contributed by atoms with van der Waals surface area (Å²) >= 11 is 0. The third-order valence-corrected chi connectivity index (χ3v) is 3.75. The van der Waals surface area contributed by atoms with Crippen LogP contribution in [0.25, 0.3) is 0 Å². The first-order valence-electron chi connectivity index (χ1n) is 6.37. The molecule has 0 fully saturated rings. The molecule has 0 saturated carbocycles. The molecule has 17 heavy (non-hydrogen) atoms. The van der Waals surface area contributed by atoms with Crippen LogP contribution >= 0.6 is 0 Å². The maximum Gasteiger partial charge on any atom is 0.123 e. The number of ether oxygens (including phenoxy) is 1. The van der Waals surface area contributed by atoms with E-state index in [9.17, 15) is 0 Å². The number of rotatable bonds is 3. The molecule has 2 atom stereocenters. The maximum atomic E-state index is 5.77. The van der Waals surface area contributed by atoms with Crippen molar-refractivity contribution in [1.82, 2.24) is 4.90 Å². The molecule has 0 aliphatic carbocycles. The van der Waals surface area contributed by atoms with E-state index in [4.69, 9.17) is 10.5 Å². The number of nitrogens with two attached hydrogens (primary N) is 1. The molecule has 0 aromatic heterocycles. The molecule has 2 unspecified atom stereocenters. The van der Waals surface area contributed by atoms with E-state index in [0.29, 0.717) is 12.0 Å². The van der Waals surface area contributed by atoms with Gasteiger partial charge < -0.3 is 10.5 Å². The van der Waals surface area contributed by atoms with E-state index in [2.05, 4.69) is 36.9 Å². The van der Waals surface area contributed by atoms with Gasteiger partial charge in [-0.1, -0.05) is 25.1 Å². The van der Waals surface area contributed by atoms with Crippen LogP contribution in [0.15, 0.2) is 24.3 Å². The van der Waals surface area contributed by atoms with Gasteiger partial charge in [0.25, 0.3) is 0 Å². The fraction of sp³-hybridized carbons (Fsp3) is 0.571. The molecule has 0 saturated heterocycles. The van der Waals surface area contributed by atoms with Crippen LogP contribution in [0.2, 0.25) is 0 Å². The largest absolute Gasteiger partial charge is 0.492 e. The van der Waals surface area contributed by atoms with Gasteiger partial charge in [0.15, 0.2) is 0 Å². The zero-order valence-electron chi connectivity index (χ0n) is 10.7. The molecule has 0 spiro atoms. The molecule has 1 heterocycles. The number of nitrogens with zero attached hydrogens (tertiary/aromatic N) is 1. The van der Waals surface area contributed by atoms with Crippen LogP contribution < -0.4 is 10.5 Å². The Balaban J connectivity index is 2.13. The molecule has 2 N–H and O–H groups in total. The van der Waals surface area contributed by atoms with Gasteiger partial charge in [0.05, 0.1) is 0 Å². The molecule has 3 nitrogen and oxygen atoms in total. The summed E-state index contributed by atoms with van der Waals surface area (Å²) in [6, 6.07) is 8.79. The van der Waals surface area contributed by atoms with E-state index in [-0.39, 0.29) is 0 Å². The second-order valence-corrected chi connectivity index (χ2v) is 4.88. The smallest absolute Gasteiger partial charge is 0.123 e. The van der Waals surface area contributed by atoms with Gasteiger partial charge in [0, 0.05) is 24.7 Å². The van der Waals surface area contributed by atoms with Crippen LogP contribution in [0.5, 0.6) is 5.75 Å². The zero-order chi connectivity index (χ0) is 12.3. The lowest BCUT2D eigenvalue weighted by Crippen LogP contribution is -2.40. The van der Waals surface area contributed by atoms with Crippen LogP contribution in [0, 0.1) is 5.92 Å². The highest BCUT2D eigenvalue weighted by atomic mass is 16.5. The lowest BCUT2D eigenvalue weighted by Gasteiger charge is -2.31. The summed E-state index contributed by atoms with van der Waals surface area (Å²) in [5.41, 5.74) is 7.03. The van der Waals surface area contributed by atoms with Crippen molar-refractivity contribution in [2.24, 2.45) is 11.7 Å². The molecule has 2 rings (SSSR count). The van der Waals surface area contributed by atoms with Crippen molar-refractivity contribution < 1.29 is 4.74 Å². The van der Waals surface area contributed by atoms with Gasteiger partial charge in [0.2, 0.25) is 0 Å². The number of hydrogen-bond acceptors (Lipinski definition) is 3. The summed E-state index contributed by atoms with van der Waals surface area (Å²) in [6.07, 6.45) is 0. The van der Waals surface area contributed by atoms with E-state index in [1.807, 2.05) is 6.07 Å². The SMILES string of the molecule is CC(CN)C(C)N1CCOc2ccccc2C1. The van der Waals surface area contributed by atoms with Gasteiger partial charge in [0.1, 0.15) is 12.4 Å². The first kappa shape index (κ1) is 12.4. The van der Waals surface area contributed by atoms with Crippen LogP contribution in [-0.2, 0) is 6.54 Å². The Bertz CT molecular complexity index is 367. The van der Waals surface area contributed by atoms with Crippen molar-refractivity contribution in [2.75, 3.05) is 19.7 Å². The van der Waals surface area contributed by atoms with E-state index in [1.165, 1.54) is 5.56 Å². The molecule has 1 aliphatic heterocycles. The Labute approximate surface area is 104 Å².